The molecule has 1 fully saturated rings. The summed E-state index contributed by atoms with van der Waals surface area (Å²) in [5.41, 5.74) is 0.857. The van der Waals surface area contributed by atoms with Crippen molar-refractivity contribution in [1.29, 1.82) is 0 Å². The van der Waals surface area contributed by atoms with Crippen molar-refractivity contribution in [3.8, 4) is 17.6 Å². The highest BCUT2D eigenvalue weighted by Crippen LogP contribution is 2.31. The van der Waals surface area contributed by atoms with Crippen molar-refractivity contribution in [3.05, 3.63) is 24.0 Å². The maximum absolute atomic E-state index is 6.03. The molecule has 1 heterocycles. The summed E-state index contributed by atoms with van der Waals surface area (Å²) in [7, 11) is 0. The van der Waals surface area contributed by atoms with Crippen LogP contribution in [0.3, 0.4) is 0 Å². The van der Waals surface area contributed by atoms with Gasteiger partial charge >= 0.3 is 0 Å². The van der Waals surface area contributed by atoms with Gasteiger partial charge in [-0.15, -0.1) is 11.6 Å². The number of aromatic nitrogens is 1. The molecule has 3 atom stereocenters. The van der Waals surface area contributed by atoms with Crippen LogP contribution < -0.4 is 4.74 Å². The lowest BCUT2D eigenvalue weighted by atomic mass is 9.80. The quantitative estimate of drug-likeness (QED) is 0.605. The van der Waals surface area contributed by atoms with Crippen LogP contribution in [0.25, 0.3) is 0 Å². The summed E-state index contributed by atoms with van der Waals surface area (Å²) in [5.74, 6) is 8.47. The van der Waals surface area contributed by atoms with E-state index >= 15 is 0 Å². The third-order valence-corrected chi connectivity index (χ3v) is 4.00. The molecule has 0 saturated heterocycles. The standard InChI is InChI=1S/C16H20ClNO/c1-12-5-6-15(8-13(12)2)19-16-9-14(4-3-7-17)10-18-11-16/h9-13,15H,5-8H2,1-2H3. The van der Waals surface area contributed by atoms with Gasteiger partial charge in [-0.1, -0.05) is 25.7 Å². The summed E-state index contributed by atoms with van der Waals surface area (Å²) in [4.78, 5) is 4.17. The Hall–Kier alpha value is -1.20. The monoisotopic (exact) mass is 277 g/mol. The normalized spacial score (nSPS) is 26.4. The van der Waals surface area contributed by atoms with Crippen LogP contribution in [0, 0.1) is 23.7 Å². The summed E-state index contributed by atoms with van der Waals surface area (Å²) in [6.07, 6.45) is 7.30. The van der Waals surface area contributed by atoms with E-state index in [1.54, 1.807) is 12.4 Å². The molecule has 0 bridgehead atoms. The number of hydrogen-bond donors (Lipinski definition) is 0. The fourth-order valence-corrected chi connectivity index (χ4v) is 2.55. The second kappa shape index (κ2) is 6.82. The Labute approximate surface area is 120 Å². The average molecular weight is 278 g/mol. The van der Waals surface area contributed by atoms with Gasteiger partial charge in [-0.25, -0.2) is 0 Å². The Morgan fingerprint density at radius 2 is 2.16 bits per heavy atom. The smallest absolute Gasteiger partial charge is 0.139 e. The Morgan fingerprint density at radius 1 is 1.32 bits per heavy atom. The number of halogens is 1. The van der Waals surface area contributed by atoms with Gasteiger partial charge in [-0.3, -0.25) is 4.98 Å². The predicted octanol–water partition coefficient (Wildman–Crippen LogP) is 3.88. The molecule has 1 aromatic heterocycles. The first-order valence-electron chi connectivity index (χ1n) is 6.85. The molecule has 3 heteroatoms. The van der Waals surface area contributed by atoms with Gasteiger partial charge in [0.15, 0.2) is 0 Å². The van der Waals surface area contributed by atoms with Gasteiger partial charge in [0.25, 0.3) is 0 Å². The van der Waals surface area contributed by atoms with Gasteiger partial charge in [-0.05, 0) is 37.2 Å². The number of nitrogens with zero attached hydrogens (tertiary/aromatic N) is 1. The highest BCUT2D eigenvalue weighted by molar-refractivity contribution is 6.19. The van der Waals surface area contributed by atoms with Crippen LogP contribution in [0.2, 0.25) is 0 Å². The van der Waals surface area contributed by atoms with Crippen molar-refractivity contribution in [3.63, 3.8) is 0 Å². The van der Waals surface area contributed by atoms with Crippen LogP contribution >= 0.6 is 11.6 Å². The maximum Gasteiger partial charge on any atom is 0.139 e. The molecule has 19 heavy (non-hydrogen) atoms. The third kappa shape index (κ3) is 4.14. The number of hydrogen-bond acceptors (Lipinski definition) is 2. The predicted molar refractivity (Wildman–Crippen MR) is 78.4 cm³/mol. The molecule has 0 aliphatic heterocycles. The van der Waals surface area contributed by atoms with Crippen LogP contribution in [0.4, 0.5) is 0 Å². The van der Waals surface area contributed by atoms with Gasteiger partial charge in [0.05, 0.1) is 18.2 Å². The molecule has 1 aromatic rings. The molecule has 2 rings (SSSR count). The van der Waals surface area contributed by atoms with Crippen molar-refractivity contribution in [2.24, 2.45) is 11.8 Å². The van der Waals surface area contributed by atoms with Crippen LogP contribution in [0.15, 0.2) is 18.5 Å². The summed E-state index contributed by atoms with van der Waals surface area (Å²) < 4.78 is 6.03. The van der Waals surface area contributed by atoms with E-state index in [-0.39, 0.29) is 0 Å². The van der Waals surface area contributed by atoms with Crippen molar-refractivity contribution >= 4 is 11.6 Å². The van der Waals surface area contributed by atoms with E-state index in [1.807, 2.05) is 6.07 Å². The van der Waals surface area contributed by atoms with Crippen LogP contribution in [-0.2, 0) is 0 Å². The SMILES string of the molecule is CC1CCC(Oc2cncc(C#CCCl)c2)CC1C. The van der Waals surface area contributed by atoms with E-state index in [0.29, 0.717) is 12.0 Å². The minimum absolute atomic E-state index is 0.309. The summed E-state index contributed by atoms with van der Waals surface area (Å²) in [6.45, 7) is 4.63. The minimum atomic E-state index is 0.309. The molecular weight excluding hydrogens is 258 g/mol. The summed E-state index contributed by atoms with van der Waals surface area (Å²) in [6, 6.07) is 1.94. The molecule has 3 unspecified atom stereocenters. The number of rotatable bonds is 2. The molecule has 1 saturated carbocycles. The van der Waals surface area contributed by atoms with E-state index in [2.05, 4.69) is 30.7 Å². The minimum Gasteiger partial charge on any atom is -0.489 e. The Balaban J connectivity index is 1.99. The highest BCUT2D eigenvalue weighted by Gasteiger charge is 2.25. The van der Waals surface area contributed by atoms with Crippen molar-refractivity contribution in [2.45, 2.75) is 39.2 Å². The Kier molecular flexibility index (Phi) is 5.10. The van der Waals surface area contributed by atoms with E-state index in [4.69, 9.17) is 16.3 Å². The second-order valence-corrected chi connectivity index (χ2v) is 5.62. The lowest BCUT2D eigenvalue weighted by Gasteiger charge is -2.32. The fourth-order valence-electron chi connectivity index (χ4n) is 2.48. The van der Waals surface area contributed by atoms with Crippen LogP contribution in [-0.4, -0.2) is 17.0 Å². The molecule has 1 aliphatic rings. The van der Waals surface area contributed by atoms with Gasteiger partial charge in [0, 0.05) is 11.8 Å². The van der Waals surface area contributed by atoms with E-state index in [0.717, 1.165) is 36.0 Å². The number of ether oxygens (including phenoxy) is 1. The lowest BCUT2D eigenvalue weighted by molar-refractivity contribution is 0.100. The second-order valence-electron chi connectivity index (χ2n) is 5.35. The molecule has 102 valence electrons. The highest BCUT2D eigenvalue weighted by atomic mass is 35.5. The molecule has 0 aromatic carbocycles. The fraction of sp³-hybridized carbons (Fsp3) is 0.562. The first-order valence-corrected chi connectivity index (χ1v) is 7.39. The molecule has 1 aliphatic carbocycles. The van der Waals surface area contributed by atoms with Gasteiger partial charge in [0.1, 0.15) is 5.75 Å². The Bertz CT molecular complexity index is 477. The average Bonchev–Trinajstić information content (AvgIpc) is 2.41. The summed E-state index contributed by atoms with van der Waals surface area (Å²) >= 11 is 5.55. The maximum atomic E-state index is 6.03. The van der Waals surface area contributed by atoms with E-state index in [9.17, 15) is 0 Å². The van der Waals surface area contributed by atoms with E-state index < -0.39 is 0 Å². The van der Waals surface area contributed by atoms with Crippen molar-refractivity contribution in [2.75, 3.05) is 5.88 Å². The molecule has 2 nitrogen and oxygen atoms in total. The Morgan fingerprint density at radius 3 is 2.89 bits per heavy atom. The molecule has 0 spiro atoms. The third-order valence-electron chi connectivity index (χ3n) is 3.87. The topological polar surface area (TPSA) is 22.1 Å². The first-order chi connectivity index (χ1) is 9.19. The zero-order valence-corrected chi connectivity index (χ0v) is 12.3. The van der Waals surface area contributed by atoms with E-state index in [1.165, 1.54) is 6.42 Å². The molecular formula is C16H20ClNO. The zero-order chi connectivity index (χ0) is 13.7. The van der Waals surface area contributed by atoms with Crippen LogP contribution in [0.1, 0.15) is 38.7 Å². The van der Waals surface area contributed by atoms with Crippen LogP contribution in [0.5, 0.6) is 5.75 Å². The number of alkyl halides is 1. The largest absolute Gasteiger partial charge is 0.489 e. The number of pyridine rings is 1. The molecule has 0 amide bonds. The summed E-state index contributed by atoms with van der Waals surface area (Å²) in [5, 5.41) is 0. The van der Waals surface area contributed by atoms with Crippen molar-refractivity contribution < 1.29 is 4.74 Å². The zero-order valence-electron chi connectivity index (χ0n) is 11.5. The van der Waals surface area contributed by atoms with Crippen molar-refractivity contribution in [1.82, 2.24) is 4.98 Å². The van der Waals surface area contributed by atoms with Gasteiger partial charge in [0.2, 0.25) is 0 Å². The van der Waals surface area contributed by atoms with Gasteiger partial charge < -0.3 is 4.74 Å². The molecule has 0 N–H and O–H groups in total. The lowest BCUT2D eigenvalue weighted by Crippen LogP contribution is -2.28. The molecule has 0 radical (unpaired) electrons. The van der Waals surface area contributed by atoms with Gasteiger partial charge in [-0.2, -0.15) is 0 Å². The first kappa shape index (κ1) is 14.2.